The highest BCUT2D eigenvalue weighted by Gasteiger charge is 2.27. The van der Waals surface area contributed by atoms with E-state index in [1.54, 1.807) is 0 Å². The molecule has 0 aromatic heterocycles. The summed E-state index contributed by atoms with van der Waals surface area (Å²) in [6.45, 7) is 2.98. The zero-order valence-corrected chi connectivity index (χ0v) is 10.1. The van der Waals surface area contributed by atoms with Crippen LogP contribution in [0.3, 0.4) is 0 Å². The zero-order chi connectivity index (χ0) is 12.3. The van der Waals surface area contributed by atoms with E-state index in [-0.39, 0.29) is 24.0 Å². The van der Waals surface area contributed by atoms with Crippen molar-refractivity contribution in [3.05, 3.63) is 0 Å². The second-order valence-corrected chi connectivity index (χ2v) is 4.66. The number of rotatable bonds is 3. The van der Waals surface area contributed by atoms with E-state index >= 15 is 0 Å². The monoisotopic (exact) mass is 241 g/mol. The van der Waals surface area contributed by atoms with Crippen molar-refractivity contribution in [2.24, 2.45) is 0 Å². The van der Waals surface area contributed by atoms with Gasteiger partial charge in [0.2, 0.25) is 11.8 Å². The summed E-state index contributed by atoms with van der Waals surface area (Å²) in [5, 5.41) is 5.48. The minimum absolute atomic E-state index is 0.0428. The van der Waals surface area contributed by atoms with Crippen LogP contribution in [-0.4, -0.2) is 62.1 Å². The largest absolute Gasteiger partial charge is 0.374 e. The zero-order valence-electron chi connectivity index (χ0n) is 10.1. The molecule has 0 bridgehead atoms. The maximum absolute atomic E-state index is 11.7. The number of hydrogen-bond donors (Lipinski definition) is 2. The number of nitrogens with one attached hydrogen (secondary N) is 2. The van der Waals surface area contributed by atoms with E-state index in [1.165, 1.54) is 0 Å². The van der Waals surface area contributed by atoms with Gasteiger partial charge in [-0.2, -0.15) is 0 Å². The quantitative estimate of drug-likeness (QED) is 0.645. The van der Waals surface area contributed by atoms with Gasteiger partial charge in [-0.1, -0.05) is 0 Å². The number of amides is 2. The highest BCUT2D eigenvalue weighted by molar-refractivity contribution is 5.90. The third-order valence-corrected chi connectivity index (χ3v) is 3.16. The number of ether oxygens (including phenoxy) is 1. The molecule has 17 heavy (non-hydrogen) atoms. The molecule has 6 nitrogen and oxygen atoms in total. The number of carbonyl (C=O) groups excluding carboxylic acids is 2. The van der Waals surface area contributed by atoms with Crippen molar-refractivity contribution >= 4 is 11.8 Å². The molecule has 0 aliphatic carbocycles. The number of carbonyl (C=O) groups is 2. The van der Waals surface area contributed by atoms with Crippen molar-refractivity contribution < 1.29 is 14.3 Å². The fourth-order valence-corrected chi connectivity index (χ4v) is 2.14. The van der Waals surface area contributed by atoms with Crippen molar-refractivity contribution in [1.82, 2.24) is 15.5 Å². The lowest BCUT2D eigenvalue weighted by Gasteiger charge is -2.30. The van der Waals surface area contributed by atoms with Crippen LogP contribution in [0.15, 0.2) is 0 Å². The van der Waals surface area contributed by atoms with Gasteiger partial charge < -0.3 is 20.3 Å². The van der Waals surface area contributed by atoms with E-state index in [9.17, 15) is 9.59 Å². The molecule has 2 aliphatic rings. The van der Waals surface area contributed by atoms with Gasteiger partial charge in [0.05, 0.1) is 12.7 Å². The molecule has 2 amide bonds. The van der Waals surface area contributed by atoms with E-state index in [0.717, 1.165) is 13.1 Å². The Morgan fingerprint density at radius 2 is 2.47 bits per heavy atom. The molecule has 0 spiro atoms. The Kier molecular flexibility index (Phi) is 3.96. The van der Waals surface area contributed by atoms with Crippen LogP contribution < -0.4 is 10.6 Å². The van der Waals surface area contributed by atoms with Gasteiger partial charge in [0.25, 0.3) is 0 Å². The predicted octanol–water partition coefficient (Wildman–Crippen LogP) is -1.29. The molecule has 2 rings (SSSR count). The number of hydrogen-bond acceptors (Lipinski definition) is 4. The first-order valence-electron chi connectivity index (χ1n) is 6.02. The molecule has 0 saturated carbocycles. The first kappa shape index (κ1) is 12.3. The van der Waals surface area contributed by atoms with Crippen LogP contribution in [0.1, 0.15) is 12.8 Å². The predicted molar refractivity (Wildman–Crippen MR) is 61.4 cm³/mol. The molecule has 96 valence electrons. The lowest BCUT2D eigenvalue weighted by molar-refractivity contribution is -0.126. The standard InChI is InChI=1S/C11H19N3O3/c1-14-4-5-17-8(7-14)6-12-11(16)9-2-3-10(15)13-9/h8-9H,2-7H2,1H3,(H,12,16)(H,13,15). The molecule has 2 aliphatic heterocycles. The molecular weight excluding hydrogens is 222 g/mol. The normalized spacial score (nSPS) is 30.1. The Bertz CT molecular complexity index is 308. The number of likely N-dealkylation sites (N-methyl/N-ethyl adjacent to an activating group) is 1. The Morgan fingerprint density at radius 3 is 3.12 bits per heavy atom. The van der Waals surface area contributed by atoms with Gasteiger partial charge in [-0.05, 0) is 13.5 Å². The van der Waals surface area contributed by atoms with Gasteiger partial charge in [0, 0.05) is 26.1 Å². The van der Waals surface area contributed by atoms with Gasteiger partial charge in [-0.25, -0.2) is 0 Å². The fourth-order valence-electron chi connectivity index (χ4n) is 2.14. The Morgan fingerprint density at radius 1 is 1.65 bits per heavy atom. The highest BCUT2D eigenvalue weighted by atomic mass is 16.5. The van der Waals surface area contributed by atoms with Crippen LogP contribution in [0, 0.1) is 0 Å². The lowest BCUT2D eigenvalue weighted by atomic mass is 10.2. The smallest absolute Gasteiger partial charge is 0.242 e. The average molecular weight is 241 g/mol. The van der Waals surface area contributed by atoms with Crippen molar-refractivity contribution in [3.8, 4) is 0 Å². The van der Waals surface area contributed by atoms with Crippen molar-refractivity contribution in [2.45, 2.75) is 25.0 Å². The van der Waals surface area contributed by atoms with E-state index in [2.05, 4.69) is 15.5 Å². The molecule has 2 saturated heterocycles. The van der Waals surface area contributed by atoms with Crippen LogP contribution in [0.4, 0.5) is 0 Å². The summed E-state index contributed by atoms with van der Waals surface area (Å²) >= 11 is 0. The Labute approximate surface area is 101 Å². The lowest BCUT2D eigenvalue weighted by Crippen LogP contribution is -2.49. The SMILES string of the molecule is CN1CCOC(CNC(=O)C2CCC(=O)N2)C1. The minimum atomic E-state index is -0.358. The minimum Gasteiger partial charge on any atom is -0.374 e. The molecule has 0 aromatic rings. The summed E-state index contributed by atoms with van der Waals surface area (Å²) < 4.78 is 5.54. The second-order valence-electron chi connectivity index (χ2n) is 4.66. The summed E-state index contributed by atoms with van der Waals surface area (Å²) in [5.74, 6) is -0.147. The van der Waals surface area contributed by atoms with E-state index < -0.39 is 0 Å². The van der Waals surface area contributed by atoms with Crippen molar-refractivity contribution in [1.29, 1.82) is 0 Å². The van der Waals surface area contributed by atoms with Gasteiger partial charge in [-0.15, -0.1) is 0 Å². The summed E-state index contributed by atoms with van der Waals surface area (Å²) in [7, 11) is 2.04. The first-order valence-corrected chi connectivity index (χ1v) is 6.02. The Hall–Kier alpha value is -1.14. The molecule has 6 heteroatoms. The van der Waals surface area contributed by atoms with Crippen LogP contribution in [-0.2, 0) is 14.3 Å². The van der Waals surface area contributed by atoms with Crippen molar-refractivity contribution in [3.63, 3.8) is 0 Å². The van der Waals surface area contributed by atoms with E-state index in [1.807, 2.05) is 7.05 Å². The molecule has 2 heterocycles. The highest BCUT2D eigenvalue weighted by Crippen LogP contribution is 2.07. The summed E-state index contributed by atoms with van der Waals surface area (Å²) in [6.07, 6.45) is 1.09. The summed E-state index contributed by atoms with van der Waals surface area (Å²) in [4.78, 5) is 24.9. The average Bonchev–Trinajstić information content (AvgIpc) is 2.73. The molecular formula is C11H19N3O3. The Balaban J connectivity index is 1.70. The van der Waals surface area contributed by atoms with Crippen molar-refractivity contribution in [2.75, 3.05) is 33.3 Å². The molecule has 0 aromatic carbocycles. The van der Waals surface area contributed by atoms with E-state index in [4.69, 9.17) is 4.74 Å². The molecule has 2 N–H and O–H groups in total. The summed E-state index contributed by atoms with van der Waals surface area (Å²) in [6, 6.07) is -0.358. The second kappa shape index (κ2) is 5.46. The van der Waals surface area contributed by atoms with Gasteiger partial charge in [-0.3, -0.25) is 9.59 Å². The van der Waals surface area contributed by atoms with Gasteiger partial charge >= 0.3 is 0 Å². The first-order chi connectivity index (χ1) is 8.15. The van der Waals surface area contributed by atoms with Crippen LogP contribution >= 0.6 is 0 Å². The number of nitrogens with zero attached hydrogens (tertiary/aromatic N) is 1. The molecule has 2 unspecified atom stereocenters. The van der Waals surface area contributed by atoms with Crippen LogP contribution in [0.2, 0.25) is 0 Å². The number of morpholine rings is 1. The van der Waals surface area contributed by atoms with Crippen LogP contribution in [0.25, 0.3) is 0 Å². The van der Waals surface area contributed by atoms with Gasteiger partial charge in [0.15, 0.2) is 0 Å². The molecule has 0 radical (unpaired) electrons. The fraction of sp³-hybridized carbons (Fsp3) is 0.818. The third kappa shape index (κ3) is 3.41. The molecule has 2 fully saturated rings. The maximum atomic E-state index is 11.7. The van der Waals surface area contributed by atoms with E-state index in [0.29, 0.717) is 26.0 Å². The van der Waals surface area contributed by atoms with Crippen LogP contribution in [0.5, 0.6) is 0 Å². The third-order valence-electron chi connectivity index (χ3n) is 3.16. The van der Waals surface area contributed by atoms with Gasteiger partial charge in [0.1, 0.15) is 6.04 Å². The molecule has 2 atom stereocenters. The topological polar surface area (TPSA) is 70.7 Å². The summed E-state index contributed by atoms with van der Waals surface area (Å²) in [5.41, 5.74) is 0. The maximum Gasteiger partial charge on any atom is 0.242 e.